The summed E-state index contributed by atoms with van der Waals surface area (Å²) >= 11 is 0. The zero-order valence-corrected chi connectivity index (χ0v) is 11.1. The molecule has 1 amide bonds. The zero-order chi connectivity index (χ0) is 13.2. The number of nitrogen functional groups attached to an aromatic ring is 1. The van der Waals surface area contributed by atoms with Crippen LogP contribution >= 0.6 is 0 Å². The number of hydrogen-bond acceptors (Lipinski definition) is 3. The smallest absolute Gasteiger partial charge is 0.268 e. The minimum absolute atomic E-state index is 0.0437. The summed E-state index contributed by atoms with van der Waals surface area (Å²) in [7, 11) is 0. The maximum atomic E-state index is 12.2. The standard InChI is InChI=1S/C14H21N3O2/c15-10-7-13(17(9-10)11-4-5-11)14(18)16-8-12-3-1-2-6-19-12/h7,9,11-12H,1-6,8,15H2,(H,16,18). The SMILES string of the molecule is Nc1cc(C(=O)NCC2CCCCO2)n(C2CC2)c1. The Balaban J connectivity index is 1.60. The van der Waals surface area contributed by atoms with E-state index in [4.69, 9.17) is 10.5 Å². The van der Waals surface area contributed by atoms with Crippen LogP contribution in [0.2, 0.25) is 0 Å². The van der Waals surface area contributed by atoms with E-state index in [-0.39, 0.29) is 12.0 Å². The van der Waals surface area contributed by atoms with Crippen molar-refractivity contribution < 1.29 is 9.53 Å². The number of amides is 1. The van der Waals surface area contributed by atoms with Crippen molar-refractivity contribution in [2.24, 2.45) is 0 Å². The van der Waals surface area contributed by atoms with Crippen LogP contribution in [-0.4, -0.2) is 29.7 Å². The molecular weight excluding hydrogens is 242 g/mol. The highest BCUT2D eigenvalue weighted by Crippen LogP contribution is 2.37. The molecule has 1 saturated carbocycles. The number of nitrogens with one attached hydrogen (secondary N) is 1. The Morgan fingerprint density at radius 3 is 2.95 bits per heavy atom. The number of nitrogens with two attached hydrogens (primary N) is 1. The van der Waals surface area contributed by atoms with Crippen molar-refractivity contribution in [3.63, 3.8) is 0 Å². The van der Waals surface area contributed by atoms with Crippen LogP contribution in [0, 0.1) is 0 Å². The molecule has 2 aliphatic rings. The van der Waals surface area contributed by atoms with Crippen LogP contribution in [0.4, 0.5) is 5.69 Å². The predicted octanol–water partition coefficient (Wildman–Crippen LogP) is 1.70. The molecule has 0 aromatic carbocycles. The van der Waals surface area contributed by atoms with E-state index >= 15 is 0 Å². The topological polar surface area (TPSA) is 69.3 Å². The number of ether oxygens (including phenoxy) is 1. The van der Waals surface area contributed by atoms with Crippen molar-refractivity contribution in [1.29, 1.82) is 0 Å². The number of carbonyl (C=O) groups is 1. The van der Waals surface area contributed by atoms with Gasteiger partial charge in [-0.2, -0.15) is 0 Å². The highest BCUT2D eigenvalue weighted by molar-refractivity contribution is 5.93. The van der Waals surface area contributed by atoms with Crippen molar-refractivity contribution in [3.8, 4) is 0 Å². The van der Waals surface area contributed by atoms with Crippen molar-refractivity contribution in [3.05, 3.63) is 18.0 Å². The Hall–Kier alpha value is -1.49. The molecule has 2 heterocycles. The van der Waals surface area contributed by atoms with Crippen molar-refractivity contribution >= 4 is 11.6 Å². The first kappa shape index (κ1) is 12.5. The molecule has 2 fully saturated rings. The summed E-state index contributed by atoms with van der Waals surface area (Å²) in [5, 5.41) is 2.96. The van der Waals surface area contributed by atoms with Gasteiger partial charge in [-0.25, -0.2) is 0 Å². The van der Waals surface area contributed by atoms with Crippen LogP contribution in [0.3, 0.4) is 0 Å². The number of nitrogens with zero attached hydrogens (tertiary/aromatic N) is 1. The minimum atomic E-state index is -0.0437. The largest absolute Gasteiger partial charge is 0.397 e. The molecule has 5 nitrogen and oxygen atoms in total. The van der Waals surface area contributed by atoms with Gasteiger partial charge in [0.05, 0.1) is 11.8 Å². The molecule has 19 heavy (non-hydrogen) atoms. The fourth-order valence-electron chi connectivity index (χ4n) is 2.60. The summed E-state index contributed by atoms with van der Waals surface area (Å²) in [6.07, 6.45) is 7.66. The quantitative estimate of drug-likeness (QED) is 0.868. The Morgan fingerprint density at radius 2 is 2.26 bits per heavy atom. The second kappa shape index (κ2) is 5.25. The molecule has 5 heteroatoms. The summed E-state index contributed by atoms with van der Waals surface area (Å²) in [5.41, 5.74) is 7.13. The predicted molar refractivity (Wildman–Crippen MR) is 73.0 cm³/mol. The maximum Gasteiger partial charge on any atom is 0.268 e. The number of hydrogen-bond donors (Lipinski definition) is 2. The van der Waals surface area contributed by atoms with Gasteiger partial charge < -0.3 is 20.4 Å². The molecule has 0 bridgehead atoms. The second-order valence-electron chi connectivity index (χ2n) is 5.50. The normalized spacial score (nSPS) is 23.3. The maximum absolute atomic E-state index is 12.2. The molecule has 0 radical (unpaired) electrons. The van der Waals surface area contributed by atoms with Gasteiger partial charge in [-0.1, -0.05) is 0 Å². The summed E-state index contributed by atoms with van der Waals surface area (Å²) in [5.74, 6) is -0.0437. The van der Waals surface area contributed by atoms with E-state index < -0.39 is 0 Å². The lowest BCUT2D eigenvalue weighted by atomic mass is 10.1. The molecule has 1 atom stereocenters. The highest BCUT2D eigenvalue weighted by Gasteiger charge is 2.28. The summed E-state index contributed by atoms with van der Waals surface area (Å²) in [6, 6.07) is 2.22. The van der Waals surface area contributed by atoms with Gasteiger partial charge in [-0.3, -0.25) is 4.79 Å². The molecule has 1 unspecified atom stereocenters. The van der Waals surface area contributed by atoms with Crippen molar-refractivity contribution in [1.82, 2.24) is 9.88 Å². The van der Waals surface area contributed by atoms with Crippen LogP contribution < -0.4 is 11.1 Å². The Bertz CT molecular complexity index is 459. The van der Waals surface area contributed by atoms with E-state index in [1.807, 2.05) is 10.8 Å². The van der Waals surface area contributed by atoms with Crippen LogP contribution in [0.1, 0.15) is 48.6 Å². The first-order valence-electron chi connectivity index (χ1n) is 7.11. The molecule has 1 aromatic heterocycles. The summed E-state index contributed by atoms with van der Waals surface area (Å²) in [6.45, 7) is 1.40. The monoisotopic (exact) mass is 263 g/mol. The third-order valence-corrected chi connectivity index (χ3v) is 3.81. The van der Waals surface area contributed by atoms with Crippen LogP contribution in [0.5, 0.6) is 0 Å². The van der Waals surface area contributed by atoms with Gasteiger partial charge >= 0.3 is 0 Å². The van der Waals surface area contributed by atoms with Gasteiger partial charge in [-0.15, -0.1) is 0 Å². The highest BCUT2D eigenvalue weighted by atomic mass is 16.5. The Kier molecular flexibility index (Phi) is 3.46. The molecule has 3 rings (SSSR count). The fraction of sp³-hybridized carbons (Fsp3) is 0.643. The molecule has 1 aliphatic heterocycles. The molecule has 104 valence electrons. The third-order valence-electron chi connectivity index (χ3n) is 3.81. The average Bonchev–Trinajstić information content (AvgIpc) is 3.20. The van der Waals surface area contributed by atoms with Gasteiger partial charge in [0, 0.05) is 25.4 Å². The minimum Gasteiger partial charge on any atom is -0.397 e. The van der Waals surface area contributed by atoms with E-state index in [0.29, 0.717) is 24.0 Å². The van der Waals surface area contributed by atoms with E-state index in [0.717, 1.165) is 32.3 Å². The number of aromatic nitrogens is 1. The summed E-state index contributed by atoms with van der Waals surface area (Å²) in [4.78, 5) is 12.2. The van der Waals surface area contributed by atoms with Gasteiger partial charge in [0.15, 0.2) is 0 Å². The van der Waals surface area contributed by atoms with Crippen molar-refractivity contribution in [2.45, 2.75) is 44.2 Å². The van der Waals surface area contributed by atoms with Gasteiger partial charge in [-0.05, 0) is 38.2 Å². The van der Waals surface area contributed by atoms with E-state index in [1.165, 1.54) is 6.42 Å². The summed E-state index contributed by atoms with van der Waals surface area (Å²) < 4.78 is 7.62. The first-order chi connectivity index (χ1) is 9.24. The lowest BCUT2D eigenvalue weighted by Crippen LogP contribution is -2.36. The van der Waals surface area contributed by atoms with Gasteiger partial charge in [0.2, 0.25) is 0 Å². The number of carbonyl (C=O) groups excluding carboxylic acids is 1. The average molecular weight is 263 g/mol. The number of rotatable bonds is 4. The molecule has 0 spiro atoms. The number of anilines is 1. The first-order valence-corrected chi connectivity index (χ1v) is 7.11. The molecule has 3 N–H and O–H groups in total. The Labute approximate surface area is 113 Å². The van der Waals surface area contributed by atoms with Crippen LogP contribution in [0.25, 0.3) is 0 Å². The lowest BCUT2D eigenvalue weighted by Gasteiger charge is -2.22. The molecule has 1 aromatic rings. The third kappa shape index (κ3) is 2.92. The second-order valence-corrected chi connectivity index (χ2v) is 5.50. The van der Waals surface area contributed by atoms with E-state index in [9.17, 15) is 4.79 Å². The molecular formula is C14H21N3O2. The van der Waals surface area contributed by atoms with Crippen molar-refractivity contribution in [2.75, 3.05) is 18.9 Å². The van der Waals surface area contributed by atoms with Crippen LogP contribution in [0.15, 0.2) is 12.3 Å². The zero-order valence-electron chi connectivity index (χ0n) is 11.1. The van der Waals surface area contributed by atoms with E-state index in [1.54, 1.807) is 6.07 Å². The van der Waals surface area contributed by atoms with Gasteiger partial charge in [0.1, 0.15) is 5.69 Å². The van der Waals surface area contributed by atoms with Crippen LogP contribution in [-0.2, 0) is 4.74 Å². The van der Waals surface area contributed by atoms with Gasteiger partial charge in [0.25, 0.3) is 5.91 Å². The Morgan fingerprint density at radius 1 is 1.42 bits per heavy atom. The molecule has 1 aliphatic carbocycles. The fourth-order valence-corrected chi connectivity index (χ4v) is 2.60. The molecule has 1 saturated heterocycles. The lowest BCUT2D eigenvalue weighted by molar-refractivity contribution is 0.0168. The van der Waals surface area contributed by atoms with E-state index in [2.05, 4.69) is 5.32 Å².